The molecule has 116 valence electrons. The maximum absolute atomic E-state index is 6.17. The summed E-state index contributed by atoms with van der Waals surface area (Å²) in [5.74, 6) is 0. The number of rotatable bonds is 10. The molecule has 0 heterocycles. The first-order chi connectivity index (χ1) is 9.79. The molecule has 0 amide bonds. The Morgan fingerprint density at radius 2 is 1.50 bits per heavy atom. The normalized spacial score (nSPS) is 16.1. The highest BCUT2D eigenvalue weighted by atomic mass is 28.4. The summed E-state index contributed by atoms with van der Waals surface area (Å²) in [7, 11) is -2.68. The van der Waals surface area contributed by atoms with Crippen LogP contribution >= 0.6 is 0 Å². The van der Waals surface area contributed by atoms with Crippen LogP contribution < -0.4 is 0 Å². The highest BCUT2D eigenvalue weighted by Gasteiger charge is 2.45. The van der Waals surface area contributed by atoms with Gasteiger partial charge in [0.2, 0.25) is 0 Å². The Hall–Kier alpha value is -0.423. The van der Waals surface area contributed by atoms with Crippen molar-refractivity contribution in [2.45, 2.75) is 59.3 Å². The Morgan fingerprint density at radius 3 is 2.00 bits per heavy atom. The third-order valence-electron chi connectivity index (χ3n) is 3.13. The minimum absolute atomic E-state index is 0.709. The van der Waals surface area contributed by atoms with E-state index in [1.54, 1.807) is 0 Å². The zero-order valence-electron chi connectivity index (χ0n) is 13.3. The number of hydrogen-bond acceptors (Lipinski definition) is 3. The standard InChI is InChI=1S/C16H30O3Si/c1-4-13-17-20(18-14-5-2,19-15-6-3)16-11-9-7-8-10-12-16/h7,9,11H,4-6,8,10,12-15H2,1-3H3. The smallest absolute Gasteiger partial charge is 0.370 e. The van der Waals surface area contributed by atoms with Crippen LogP contribution in [0.15, 0.2) is 23.4 Å². The second kappa shape index (κ2) is 10.3. The fourth-order valence-electron chi connectivity index (χ4n) is 2.14. The molecule has 3 nitrogen and oxygen atoms in total. The van der Waals surface area contributed by atoms with E-state index in [4.69, 9.17) is 13.3 Å². The van der Waals surface area contributed by atoms with Gasteiger partial charge in [0, 0.05) is 25.0 Å². The molecule has 1 rings (SSSR count). The van der Waals surface area contributed by atoms with Gasteiger partial charge in [-0.3, -0.25) is 0 Å². The van der Waals surface area contributed by atoms with Crippen LogP contribution in [-0.4, -0.2) is 28.6 Å². The summed E-state index contributed by atoms with van der Waals surface area (Å²) in [6, 6.07) is 0. The molecule has 0 aromatic carbocycles. The van der Waals surface area contributed by atoms with Crippen molar-refractivity contribution < 1.29 is 13.3 Å². The second-order valence-corrected chi connectivity index (χ2v) is 7.73. The monoisotopic (exact) mass is 298 g/mol. The highest BCUT2D eigenvalue weighted by Crippen LogP contribution is 2.27. The van der Waals surface area contributed by atoms with Crippen LogP contribution in [0.5, 0.6) is 0 Å². The Labute approximate surface area is 125 Å². The van der Waals surface area contributed by atoms with Gasteiger partial charge in [-0.2, -0.15) is 0 Å². The van der Waals surface area contributed by atoms with Gasteiger partial charge in [0.15, 0.2) is 0 Å². The average Bonchev–Trinajstić information content (AvgIpc) is 2.76. The van der Waals surface area contributed by atoms with Crippen molar-refractivity contribution in [1.82, 2.24) is 0 Å². The van der Waals surface area contributed by atoms with Gasteiger partial charge in [0.1, 0.15) is 0 Å². The molecule has 4 heteroatoms. The van der Waals surface area contributed by atoms with Crippen molar-refractivity contribution in [2.75, 3.05) is 19.8 Å². The van der Waals surface area contributed by atoms with Crippen molar-refractivity contribution in [3.05, 3.63) is 23.4 Å². The van der Waals surface area contributed by atoms with Crippen LogP contribution in [0, 0.1) is 0 Å². The van der Waals surface area contributed by atoms with E-state index in [1.165, 1.54) is 5.20 Å². The first-order valence-electron chi connectivity index (χ1n) is 8.07. The van der Waals surface area contributed by atoms with Gasteiger partial charge in [0.25, 0.3) is 0 Å². The molecule has 0 saturated heterocycles. The van der Waals surface area contributed by atoms with Crippen LogP contribution in [0.3, 0.4) is 0 Å². The molecule has 0 saturated carbocycles. The van der Waals surface area contributed by atoms with E-state index >= 15 is 0 Å². The summed E-state index contributed by atoms with van der Waals surface area (Å²) in [5, 5.41) is 1.25. The van der Waals surface area contributed by atoms with E-state index < -0.39 is 8.80 Å². The lowest BCUT2D eigenvalue weighted by molar-refractivity contribution is 0.0673. The van der Waals surface area contributed by atoms with E-state index in [9.17, 15) is 0 Å². The van der Waals surface area contributed by atoms with Gasteiger partial charge in [-0.1, -0.05) is 39.0 Å². The summed E-state index contributed by atoms with van der Waals surface area (Å²) < 4.78 is 18.5. The third kappa shape index (κ3) is 5.52. The quantitative estimate of drug-likeness (QED) is 0.559. The first-order valence-corrected chi connectivity index (χ1v) is 9.79. The van der Waals surface area contributed by atoms with Gasteiger partial charge in [-0.25, -0.2) is 0 Å². The predicted molar refractivity (Wildman–Crippen MR) is 85.6 cm³/mol. The van der Waals surface area contributed by atoms with E-state index in [-0.39, 0.29) is 0 Å². The molecule has 0 unspecified atom stereocenters. The van der Waals surface area contributed by atoms with Crippen LogP contribution in [0.2, 0.25) is 0 Å². The number of allylic oxidation sites excluding steroid dienone is 4. The fraction of sp³-hybridized carbons (Fsp3) is 0.750. The van der Waals surface area contributed by atoms with E-state index in [0.29, 0.717) is 19.8 Å². The molecule has 1 aliphatic rings. The Balaban J connectivity index is 2.91. The predicted octanol–water partition coefficient (Wildman–Crippen LogP) is 4.41. The van der Waals surface area contributed by atoms with E-state index in [0.717, 1.165) is 38.5 Å². The van der Waals surface area contributed by atoms with Crippen LogP contribution in [0.4, 0.5) is 0 Å². The molecule has 0 spiro atoms. The van der Waals surface area contributed by atoms with Crippen LogP contribution in [0.1, 0.15) is 59.3 Å². The lowest BCUT2D eigenvalue weighted by atomic mass is 10.2. The van der Waals surface area contributed by atoms with Crippen LogP contribution in [0.25, 0.3) is 0 Å². The van der Waals surface area contributed by atoms with Crippen molar-refractivity contribution in [1.29, 1.82) is 0 Å². The Bertz CT molecular complexity index is 291. The summed E-state index contributed by atoms with van der Waals surface area (Å²) in [4.78, 5) is 0. The summed E-state index contributed by atoms with van der Waals surface area (Å²) in [6.45, 7) is 8.50. The minimum atomic E-state index is -2.68. The van der Waals surface area contributed by atoms with Crippen molar-refractivity contribution in [3.63, 3.8) is 0 Å². The van der Waals surface area contributed by atoms with Gasteiger partial charge in [-0.15, -0.1) is 0 Å². The lowest BCUT2D eigenvalue weighted by Gasteiger charge is -2.31. The average molecular weight is 298 g/mol. The van der Waals surface area contributed by atoms with Gasteiger partial charge >= 0.3 is 8.80 Å². The molecule has 0 atom stereocenters. The molecule has 1 aliphatic carbocycles. The fourth-order valence-corrected chi connectivity index (χ4v) is 5.15. The summed E-state index contributed by atoms with van der Waals surface area (Å²) in [5.41, 5.74) is 0. The molecular formula is C16H30O3Si. The van der Waals surface area contributed by atoms with E-state index in [2.05, 4.69) is 39.0 Å². The van der Waals surface area contributed by atoms with Crippen LogP contribution in [-0.2, 0) is 13.3 Å². The molecule has 0 bridgehead atoms. The summed E-state index contributed by atoms with van der Waals surface area (Å²) in [6.07, 6.45) is 12.8. The zero-order valence-corrected chi connectivity index (χ0v) is 14.3. The first kappa shape index (κ1) is 17.6. The molecule has 0 N–H and O–H groups in total. The number of hydrogen-bond donors (Lipinski definition) is 0. The Morgan fingerprint density at radius 1 is 0.950 bits per heavy atom. The minimum Gasteiger partial charge on any atom is -0.370 e. The molecular weight excluding hydrogens is 268 g/mol. The zero-order chi connectivity index (χ0) is 14.7. The highest BCUT2D eigenvalue weighted by molar-refractivity contribution is 6.68. The third-order valence-corrected chi connectivity index (χ3v) is 6.09. The maximum Gasteiger partial charge on any atom is 0.532 e. The largest absolute Gasteiger partial charge is 0.532 e. The maximum atomic E-state index is 6.17. The molecule has 20 heavy (non-hydrogen) atoms. The van der Waals surface area contributed by atoms with Crippen molar-refractivity contribution in [3.8, 4) is 0 Å². The van der Waals surface area contributed by atoms with Gasteiger partial charge < -0.3 is 13.3 Å². The van der Waals surface area contributed by atoms with Gasteiger partial charge in [0.05, 0.1) is 0 Å². The SMILES string of the molecule is CCCO[Si](OCCC)(OCCC)C1=CC=CCCC1. The lowest BCUT2D eigenvalue weighted by Crippen LogP contribution is -2.49. The van der Waals surface area contributed by atoms with Crippen molar-refractivity contribution >= 4 is 8.80 Å². The van der Waals surface area contributed by atoms with E-state index in [1.807, 2.05) is 0 Å². The Kier molecular flexibility index (Phi) is 9.10. The second-order valence-electron chi connectivity index (χ2n) is 5.11. The molecule has 0 fully saturated rings. The summed E-state index contributed by atoms with van der Waals surface area (Å²) >= 11 is 0. The molecule has 0 aliphatic heterocycles. The van der Waals surface area contributed by atoms with Crippen molar-refractivity contribution in [2.24, 2.45) is 0 Å². The topological polar surface area (TPSA) is 27.7 Å². The van der Waals surface area contributed by atoms with Gasteiger partial charge in [-0.05, 0) is 38.5 Å². The molecule has 0 aromatic rings. The molecule has 0 aromatic heterocycles. The molecule has 0 radical (unpaired) electrons.